The van der Waals surface area contributed by atoms with Gasteiger partial charge in [0.1, 0.15) is 5.82 Å². The van der Waals surface area contributed by atoms with Gasteiger partial charge >= 0.3 is 0 Å². The van der Waals surface area contributed by atoms with Crippen molar-refractivity contribution in [3.8, 4) is 0 Å². The second-order valence-corrected chi connectivity index (χ2v) is 6.32. The van der Waals surface area contributed by atoms with Crippen LogP contribution in [0, 0.1) is 12.7 Å². The SMILES string of the molecule is Cc1ccc(NC(=O)CCc2ccc(F)cc2)cc1N1CCCC1=O. The van der Waals surface area contributed by atoms with Gasteiger partial charge in [0.25, 0.3) is 0 Å². The molecule has 0 radical (unpaired) electrons. The Morgan fingerprint density at radius 3 is 2.64 bits per heavy atom. The quantitative estimate of drug-likeness (QED) is 0.899. The van der Waals surface area contributed by atoms with Gasteiger partial charge < -0.3 is 10.2 Å². The number of carbonyl (C=O) groups excluding carboxylic acids is 2. The van der Waals surface area contributed by atoms with Crippen LogP contribution in [0.3, 0.4) is 0 Å². The minimum atomic E-state index is -0.281. The number of nitrogens with zero attached hydrogens (tertiary/aromatic N) is 1. The predicted octanol–water partition coefficient (Wildman–Crippen LogP) is 3.83. The molecule has 2 amide bonds. The van der Waals surface area contributed by atoms with Crippen LogP contribution in [0.25, 0.3) is 0 Å². The lowest BCUT2D eigenvalue weighted by atomic mass is 10.1. The van der Waals surface area contributed by atoms with Crippen molar-refractivity contribution < 1.29 is 14.0 Å². The van der Waals surface area contributed by atoms with Crippen LogP contribution in [0.1, 0.15) is 30.4 Å². The normalized spacial score (nSPS) is 14.0. The first-order valence-corrected chi connectivity index (χ1v) is 8.48. The molecule has 0 aromatic heterocycles. The average molecular weight is 340 g/mol. The Morgan fingerprint density at radius 2 is 1.96 bits per heavy atom. The minimum Gasteiger partial charge on any atom is -0.326 e. The summed E-state index contributed by atoms with van der Waals surface area (Å²) in [5, 5.41) is 2.88. The van der Waals surface area contributed by atoms with E-state index in [2.05, 4.69) is 5.32 Å². The molecule has 1 saturated heterocycles. The fourth-order valence-corrected chi connectivity index (χ4v) is 3.01. The molecule has 1 N–H and O–H groups in total. The Hall–Kier alpha value is -2.69. The Kier molecular flexibility index (Phi) is 5.12. The first-order valence-electron chi connectivity index (χ1n) is 8.48. The third-order valence-electron chi connectivity index (χ3n) is 4.41. The van der Waals surface area contributed by atoms with Crippen LogP contribution in [0.15, 0.2) is 42.5 Å². The molecule has 4 nitrogen and oxygen atoms in total. The topological polar surface area (TPSA) is 49.4 Å². The van der Waals surface area contributed by atoms with Crippen molar-refractivity contribution in [2.75, 3.05) is 16.8 Å². The number of anilines is 2. The van der Waals surface area contributed by atoms with Gasteiger partial charge in [0.15, 0.2) is 0 Å². The summed E-state index contributed by atoms with van der Waals surface area (Å²) in [6.45, 7) is 2.68. The summed E-state index contributed by atoms with van der Waals surface area (Å²) >= 11 is 0. The number of hydrogen-bond donors (Lipinski definition) is 1. The molecule has 2 aromatic rings. The zero-order valence-electron chi connectivity index (χ0n) is 14.2. The summed E-state index contributed by atoms with van der Waals surface area (Å²) in [5.74, 6) is -0.258. The van der Waals surface area contributed by atoms with Gasteiger partial charge in [-0.3, -0.25) is 9.59 Å². The van der Waals surface area contributed by atoms with E-state index in [9.17, 15) is 14.0 Å². The first kappa shape index (κ1) is 17.1. The zero-order valence-corrected chi connectivity index (χ0v) is 14.2. The van der Waals surface area contributed by atoms with Crippen molar-refractivity contribution in [3.05, 3.63) is 59.4 Å². The number of aryl methyl sites for hydroxylation is 2. The molecular formula is C20H21FN2O2. The summed E-state index contributed by atoms with van der Waals surface area (Å²) in [6.07, 6.45) is 2.31. The van der Waals surface area contributed by atoms with Crippen LogP contribution in [0.2, 0.25) is 0 Å². The molecule has 25 heavy (non-hydrogen) atoms. The summed E-state index contributed by atoms with van der Waals surface area (Å²) in [5.41, 5.74) is 3.48. The van der Waals surface area contributed by atoms with Crippen LogP contribution in [-0.4, -0.2) is 18.4 Å². The predicted molar refractivity (Wildman–Crippen MR) is 96.1 cm³/mol. The highest BCUT2D eigenvalue weighted by Gasteiger charge is 2.23. The van der Waals surface area contributed by atoms with Crippen molar-refractivity contribution in [2.24, 2.45) is 0 Å². The standard InChI is InChI=1S/C20H21FN2O2/c1-14-4-10-17(13-18(14)23-12-2-3-20(23)25)22-19(24)11-7-15-5-8-16(21)9-6-15/h4-6,8-10,13H,2-3,7,11-12H2,1H3,(H,22,24). The highest BCUT2D eigenvalue weighted by atomic mass is 19.1. The van der Waals surface area contributed by atoms with Crippen molar-refractivity contribution in [1.29, 1.82) is 0 Å². The van der Waals surface area contributed by atoms with E-state index >= 15 is 0 Å². The van der Waals surface area contributed by atoms with Gasteiger partial charge in [-0.15, -0.1) is 0 Å². The fraction of sp³-hybridized carbons (Fsp3) is 0.300. The Morgan fingerprint density at radius 1 is 1.20 bits per heavy atom. The number of benzene rings is 2. The highest BCUT2D eigenvalue weighted by Crippen LogP contribution is 2.28. The lowest BCUT2D eigenvalue weighted by molar-refractivity contribution is -0.117. The van der Waals surface area contributed by atoms with Crippen molar-refractivity contribution in [3.63, 3.8) is 0 Å². The monoisotopic (exact) mass is 340 g/mol. The largest absolute Gasteiger partial charge is 0.326 e. The first-order chi connectivity index (χ1) is 12.0. The summed E-state index contributed by atoms with van der Waals surface area (Å²) < 4.78 is 12.9. The summed E-state index contributed by atoms with van der Waals surface area (Å²) in [4.78, 5) is 25.9. The average Bonchev–Trinajstić information content (AvgIpc) is 3.02. The van der Waals surface area contributed by atoms with Crippen molar-refractivity contribution in [1.82, 2.24) is 0 Å². The Labute approximate surface area is 146 Å². The second-order valence-electron chi connectivity index (χ2n) is 6.32. The third kappa shape index (κ3) is 4.24. The molecule has 5 heteroatoms. The minimum absolute atomic E-state index is 0.105. The highest BCUT2D eigenvalue weighted by molar-refractivity contribution is 5.97. The van der Waals surface area contributed by atoms with E-state index in [0.29, 0.717) is 24.9 Å². The Balaban J connectivity index is 1.63. The van der Waals surface area contributed by atoms with E-state index in [1.165, 1.54) is 12.1 Å². The van der Waals surface area contributed by atoms with Crippen LogP contribution in [0.5, 0.6) is 0 Å². The third-order valence-corrected chi connectivity index (χ3v) is 4.41. The molecule has 0 atom stereocenters. The van der Waals surface area contributed by atoms with E-state index in [4.69, 9.17) is 0 Å². The molecule has 130 valence electrons. The number of amides is 2. The lowest BCUT2D eigenvalue weighted by Gasteiger charge is -2.19. The van der Waals surface area contributed by atoms with Crippen LogP contribution in [0.4, 0.5) is 15.8 Å². The van der Waals surface area contributed by atoms with Crippen molar-refractivity contribution in [2.45, 2.75) is 32.6 Å². The van der Waals surface area contributed by atoms with Crippen LogP contribution in [-0.2, 0) is 16.0 Å². The number of hydrogen-bond acceptors (Lipinski definition) is 2. The smallest absolute Gasteiger partial charge is 0.227 e. The van der Waals surface area contributed by atoms with E-state index < -0.39 is 0 Å². The summed E-state index contributed by atoms with van der Waals surface area (Å²) in [7, 11) is 0. The second kappa shape index (κ2) is 7.47. The van der Waals surface area contributed by atoms with E-state index in [0.717, 1.165) is 29.8 Å². The van der Waals surface area contributed by atoms with Gasteiger partial charge in [-0.2, -0.15) is 0 Å². The number of halogens is 1. The van der Waals surface area contributed by atoms with E-state index in [1.54, 1.807) is 17.0 Å². The summed E-state index contributed by atoms with van der Waals surface area (Å²) in [6, 6.07) is 11.8. The lowest BCUT2D eigenvalue weighted by Crippen LogP contribution is -2.24. The van der Waals surface area contributed by atoms with E-state index in [-0.39, 0.29) is 17.6 Å². The number of nitrogens with one attached hydrogen (secondary N) is 1. The van der Waals surface area contributed by atoms with Gasteiger partial charge in [0.05, 0.1) is 0 Å². The fourth-order valence-electron chi connectivity index (χ4n) is 3.01. The maximum absolute atomic E-state index is 12.9. The number of rotatable bonds is 5. The maximum atomic E-state index is 12.9. The number of carbonyl (C=O) groups is 2. The molecule has 1 fully saturated rings. The molecule has 2 aromatic carbocycles. The molecule has 0 saturated carbocycles. The van der Waals surface area contributed by atoms with Gasteiger partial charge in [-0.25, -0.2) is 4.39 Å². The molecule has 1 aliphatic rings. The molecule has 3 rings (SSSR count). The maximum Gasteiger partial charge on any atom is 0.227 e. The molecule has 0 aliphatic carbocycles. The zero-order chi connectivity index (χ0) is 17.8. The van der Waals surface area contributed by atoms with Gasteiger partial charge in [-0.1, -0.05) is 18.2 Å². The van der Waals surface area contributed by atoms with Gasteiger partial charge in [0.2, 0.25) is 11.8 Å². The molecule has 0 bridgehead atoms. The molecule has 0 spiro atoms. The molecule has 1 heterocycles. The van der Waals surface area contributed by atoms with Gasteiger partial charge in [-0.05, 0) is 55.2 Å². The van der Waals surface area contributed by atoms with Crippen molar-refractivity contribution >= 4 is 23.2 Å². The van der Waals surface area contributed by atoms with Crippen LogP contribution < -0.4 is 10.2 Å². The molecule has 0 unspecified atom stereocenters. The van der Waals surface area contributed by atoms with E-state index in [1.807, 2.05) is 25.1 Å². The molecule has 1 aliphatic heterocycles. The Bertz CT molecular complexity index is 787. The van der Waals surface area contributed by atoms with Gasteiger partial charge in [0, 0.05) is 30.8 Å². The van der Waals surface area contributed by atoms with Crippen LogP contribution >= 0.6 is 0 Å². The molecular weight excluding hydrogens is 319 g/mol.